The summed E-state index contributed by atoms with van der Waals surface area (Å²) in [6.07, 6.45) is 3.03. The van der Waals surface area contributed by atoms with E-state index < -0.39 is 21.2 Å². The predicted octanol–water partition coefficient (Wildman–Crippen LogP) is 2.18. The number of sulfonamides is 1. The van der Waals surface area contributed by atoms with Gasteiger partial charge in [-0.25, -0.2) is 13.6 Å². The van der Waals surface area contributed by atoms with Gasteiger partial charge in [-0.05, 0) is 37.0 Å². The minimum atomic E-state index is -4.02. The lowest BCUT2D eigenvalue weighted by atomic mass is 10.1. The number of carboxylic acids is 1. The molecule has 0 fully saturated rings. The number of carbonyl (C=O) groups is 1. The van der Waals surface area contributed by atoms with E-state index in [1.54, 1.807) is 0 Å². The first kappa shape index (κ1) is 16.9. The van der Waals surface area contributed by atoms with Gasteiger partial charge in [-0.2, -0.15) is 0 Å². The molecule has 1 rings (SSSR count). The first-order chi connectivity index (χ1) is 9.30. The number of rotatable bonds is 8. The molecule has 7 heteroatoms. The Labute approximate surface area is 123 Å². The van der Waals surface area contributed by atoms with Gasteiger partial charge in [0.2, 0.25) is 10.0 Å². The van der Waals surface area contributed by atoms with Crippen LogP contribution < -0.4 is 5.14 Å². The molecule has 112 valence electrons. The molecule has 1 aromatic carbocycles. The Morgan fingerprint density at radius 2 is 1.80 bits per heavy atom. The highest BCUT2D eigenvalue weighted by Gasteiger charge is 2.28. The van der Waals surface area contributed by atoms with Gasteiger partial charge in [-0.1, -0.05) is 36.6 Å². The van der Waals surface area contributed by atoms with Crippen molar-refractivity contribution in [2.75, 3.05) is 0 Å². The lowest BCUT2D eigenvalue weighted by Gasteiger charge is -2.09. The molecule has 0 saturated heterocycles. The molecule has 0 spiro atoms. The molecule has 0 aliphatic carbocycles. The molecular formula is C13H18ClNO4S. The van der Waals surface area contributed by atoms with E-state index in [4.69, 9.17) is 21.8 Å². The van der Waals surface area contributed by atoms with Gasteiger partial charge in [0.1, 0.15) is 0 Å². The van der Waals surface area contributed by atoms with E-state index >= 15 is 0 Å². The monoisotopic (exact) mass is 319 g/mol. The van der Waals surface area contributed by atoms with Gasteiger partial charge < -0.3 is 5.11 Å². The number of unbranched alkanes of at least 4 members (excludes halogenated alkanes) is 2. The molecule has 0 bridgehead atoms. The molecule has 20 heavy (non-hydrogen) atoms. The fourth-order valence-electron chi connectivity index (χ4n) is 1.91. The van der Waals surface area contributed by atoms with Crippen molar-refractivity contribution in [3.8, 4) is 0 Å². The van der Waals surface area contributed by atoms with Crippen molar-refractivity contribution in [3.63, 3.8) is 0 Å². The number of aliphatic carboxylic acids is 1. The molecule has 1 unspecified atom stereocenters. The SMILES string of the molecule is NS(=O)(=O)C(CCCCCc1ccc(Cl)cc1)C(=O)O. The van der Waals surface area contributed by atoms with Gasteiger partial charge in [-0.15, -0.1) is 0 Å². The standard InChI is InChI=1S/C13H18ClNO4S/c14-11-8-6-10(7-9-11)4-2-1-3-5-12(13(16)17)20(15,18)19/h6-9,12H,1-5H2,(H,16,17)(H2,15,18,19). The minimum Gasteiger partial charge on any atom is -0.480 e. The highest BCUT2D eigenvalue weighted by Crippen LogP contribution is 2.14. The zero-order valence-corrected chi connectivity index (χ0v) is 12.5. The highest BCUT2D eigenvalue weighted by molar-refractivity contribution is 7.90. The first-order valence-electron chi connectivity index (χ1n) is 6.29. The normalized spacial score (nSPS) is 13.1. The molecule has 0 heterocycles. The van der Waals surface area contributed by atoms with Crippen LogP contribution in [0.25, 0.3) is 0 Å². The second-order valence-corrected chi connectivity index (χ2v) is 6.83. The second kappa shape index (κ2) is 7.61. The van der Waals surface area contributed by atoms with Gasteiger partial charge in [0.05, 0.1) is 0 Å². The van der Waals surface area contributed by atoms with Gasteiger partial charge in [0, 0.05) is 5.02 Å². The summed E-state index contributed by atoms with van der Waals surface area (Å²) in [7, 11) is -4.02. The molecule has 0 aliphatic heterocycles. The maximum absolute atomic E-state index is 11.1. The molecular weight excluding hydrogens is 302 g/mol. The maximum Gasteiger partial charge on any atom is 0.323 e. The summed E-state index contributed by atoms with van der Waals surface area (Å²) < 4.78 is 22.1. The third-order valence-electron chi connectivity index (χ3n) is 3.02. The maximum atomic E-state index is 11.1. The largest absolute Gasteiger partial charge is 0.480 e. The van der Waals surface area contributed by atoms with Crippen molar-refractivity contribution >= 4 is 27.6 Å². The molecule has 5 nitrogen and oxygen atoms in total. The minimum absolute atomic E-state index is 0.0504. The van der Waals surface area contributed by atoms with Crippen molar-refractivity contribution in [2.45, 2.75) is 37.4 Å². The van der Waals surface area contributed by atoms with Gasteiger partial charge >= 0.3 is 5.97 Å². The molecule has 1 atom stereocenters. The van der Waals surface area contributed by atoms with E-state index in [1.165, 1.54) is 0 Å². The molecule has 0 radical (unpaired) electrons. The van der Waals surface area contributed by atoms with Crippen LogP contribution >= 0.6 is 11.6 Å². The van der Waals surface area contributed by atoms with Crippen molar-refractivity contribution in [1.82, 2.24) is 0 Å². The molecule has 0 aliphatic rings. The summed E-state index contributed by atoms with van der Waals surface area (Å²) >= 11 is 5.78. The Balaban J connectivity index is 2.31. The van der Waals surface area contributed by atoms with Crippen LogP contribution in [0, 0.1) is 0 Å². The predicted molar refractivity (Wildman–Crippen MR) is 78.2 cm³/mol. The van der Waals surface area contributed by atoms with Crippen LogP contribution in [-0.2, 0) is 21.2 Å². The Morgan fingerprint density at radius 1 is 1.20 bits per heavy atom. The van der Waals surface area contributed by atoms with E-state index in [9.17, 15) is 13.2 Å². The zero-order valence-electron chi connectivity index (χ0n) is 11.0. The molecule has 0 saturated carbocycles. The number of hydrogen-bond donors (Lipinski definition) is 2. The van der Waals surface area contributed by atoms with Crippen LogP contribution in [0.5, 0.6) is 0 Å². The average Bonchev–Trinajstić information content (AvgIpc) is 2.33. The summed E-state index contributed by atoms with van der Waals surface area (Å²) in [6, 6.07) is 7.51. The lowest BCUT2D eigenvalue weighted by molar-refractivity contribution is -0.136. The Morgan fingerprint density at radius 3 is 2.30 bits per heavy atom. The Bertz CT molecular complexity index is 542. The molecule has 0 aromatic heterocycles. The first-order valence-corrected chi connectivity index (χ1v) is 8.28. The Hall–Kier alpha value is -1.11. The second-order valence-electron chi connectivity index (χ2n) is 4.64. The zero-order chi connectivity index (χ0) is 15.2. The van der Waals surface area contributed by atoms with Gasteiger partial charge in [0.25, 0.3) is 0 Å². The third kappa shape index (κ3) is 5.90. The van der Waals surface area contributed by atoms with Gasteiger partial charge in [0.15, 0.2) is 5.25 Å². The number of primary sulfonamides is 1. The van der Waals surface area contributed by atoms with E-state index in [2.05, 4.69) is 0 Å². The van der Waals surface area contributed by atoms with Crippen molar-refractivity contribution in [1.29, 1.82) is 0 Å². The van der Waals surface area contributed by atoms with E-state index in [0.29, 0.717) is 11.4 Å². The number of nitrogens with two attached hydrogens (primary N) is 1. The number of aryl methyl sites for hydroxylation is 1. The van der Waals surface area contributed by atoms with Crippen LogP contribution in [0.1, 0.15) is 31.2 Å². The number of benzene rings is 1. The van der Waals surface area contributed by atoms with Crippen LogP contribution in [0.4, 0.5) is 0 Å². The fraction of sp³-hybridized carbons (Fsp3) is 0.462. The Kier molecular flexibility index (Phi) is 6.45. The summed E-state index contributed by atoms with van der Waals surface area (Å²) in [4.78, 5) is 10.8. The number of carboxylic acid groups (broad SMARTS) is 1. The van der Waals surface area contributed by atoms with Crippen molar-refractivity contribution in [3.05, 3.63) is 34.9 Å². The third-order valence-corrected chi connectivity index (χ3v) is 4.50. The summed E-state index contributed by atoms with van der Waals surface area (Å²) in [5.41, 5.74) is 1.15. The van der Waals surface area contributed by atoms with Crippen molar-refractivity contribution < 1.29 is 18.3 Å². The van der Waals surface area contributed by atoms with Crippen LogP contribution in [0.2, 0.25) is 5.02 Å². The van der Waals surface area contributed by atoms with Crippen LogP contribution in [-0.4, -0.2) is 24.7 Å². The van der Waals surface area contributed by atoms with Crippen LogP contribution in [0.15, 0.2) is 24.3 Å². The average molecular weight is 320 g/mol. The lowest BCUT2D eigenvalue weighted by Crippen LogP contribution is -2.35. The number of halogens is 1. The van der Waals surface area contributed by atoms with Crippen molar-refractivity contribution in [2.24, 2.45) is 5.14 Å². The topological polar surface area (TPSA) is 97.5 Å². The van der Waals surface area contributed by atoms with E-state index in [0.717, 1.165) is 24.8 Å². The van der Waals surface area contributed by atoms with Gasteiger partial charge in [-0.3, -0.25) is 4.79 Å². The summed E-state index contributed by atoms with van der Waals surface area (Å²) in [5.74, 6) is -1.38. The van der Waals surface area contributed by atoms with Crippen LogP contribution in [0.3, 0.4) is 0 Å². The molecule has 1 aromatic rings. The van der Waals surface area contributed by atoms with E-state index in [-0.39, 0.29) is 6.42 Å². The number of hydrogen-bond acceptors (Lipinski definition) is 3. The molecule has 3 N–H and O–H groups in total. The highest BCUT2D eigenvalue weighted by atomic mass is 35.5. The summed E-state index contributed by atoms with van der Waals surface area (Å²) in [6.45, 7) is 0. The summed E-state index contributed by atoms with van der Waals surface area (Å²) in [5, 5.41) is 12.9. The van der Waals surface area contributed by atoms with E-state index in [1.807, 2.05) is 24.3 Å². The fourth-order valence-corrected chi connectivity index (χ4v) is 2.82. The molecule has 0 amide bonds. The smallest absolute Gasteiger partial charge is 0.323 e. The quantitative estimate of drug-likeness (QED) is 0.717.